The maximum atomic E-state index is 9.26. The molecule has 0 aromatic heterocycles. The molecule has 2 rings (SSSR count). The SMILES string of the molecule is C[C@H](O[C@H](C)c1ccc(O)cc1)c1ccc(O)cc1. The number of benzene rings is 2. The van der Waals surface area contributed by atoms with Gasteiger partial charge in [-0.15, -0.1) is 0 Å². The van der Waals surface area contributed by atoms with Crippen LogP contribution in [0.5, 0.6) is 11.5 Å². The van der Waals surface area contributed by atoms with Gasteiger partial charge in [-0.1, -0.05) is 24.3 Å². The van der Waals surface area contributed by atoms with E-state index in [9.17, 15) is 10.2 Å². The van der Waals surface area contributed by atoms with Gasteiger partial charge in [0.05, 0.1) is 12.2 Å². The minimum absolute atomic E-state index is 0.0654. The highest BCUT2D eigenvalue weighted by molar-refractivity contribution is 5.28. The molecule has 0 aliphatic heterocycles. The minimum Gasteiger partial charge on any atom is -0.508 e. The topological polar surface area (TPSA) is 49.7 Å². The summed E-state index contributed by atoms with van der Waals surface area (Å²) in [5.74, 6) is 0.505. The summed E-state index contributed by atoms with van der Waals surface area (Å²) < 4.78 is 5.94. The van der Waals surface area contributed by atoms with Gasteiger partial charge in [0.25, 0.3) is 0 Å². The Morgan fingerprint density at radius 2 is 1.00 bits per heavy atom. The Morgan fingerprint density at radius 3 is 1.32 bits per heavy atom. The molecule has 100 valence electrons. The van der Waals surface area contributed by atoms with E-state index in [0.29, 0.717) is 0 Å². The van der Waals surface area contributed by atoms with E-state index in [0.717, 1.165) is 11.1 Å². The lowest BCUT2D eigenvalue weighted by Crippen LogP contribution is -2.05. The molecule has 0 aliphatic carbocycles. The van der Waals surface area contributed by atoms with Crippen LogP contribution in [-0.4, -0.2) is 10.2 Å². The van der Waals surface area contributed by atoms with Crippen molar-refractivity contribution in [2.75, 3.05) is 0 Å². The molecule has 2 aromatic rings. The van der Waals surface area contributed by atoms with Crippen molar-refractivity contribution in [3.8, 4) is 11.5 Å². The third-order valence-electron chi connectivity index (χ3n) is 3.13. The molecule has 0 heterocycles. The fourth-order valence-electron chi connectivity index (χ4n) is 1.95. The monoisotopic (exact) mass is 258 g/mol. The molecule has 0 unspecified atom stereocenters. The number of phenols is 2. The Kier molecular flexibility index (Phi) is 4.07. The molecule has 2 atom stereocenters. The van der Waals surface area contributed by atoms with Gasteiger partial charge in [-0.25, -0.2) is 0 Å². The Balaban J connectivity index is 2.03. The standard InChI is InChI=1S/C16H18O3/c1-11(13-3-7-15(17)8-4-13)19-12(2)14-5-9-16(18)10-6-14/h3-12,17-18H,1-2H3/t11-,12+. The van der Waals surface area contributed by atoms with Crippen LogP contribution in [0.3, 0.4) is 0 Å². The van der Waals surface area contributed by atoms with Crippen LogP contribution < -0.4 is 0 Å². The van der Waals surface area contributed by atoms with E-state index in [1.54, 1.807) is 24.3 Å². The zero-order chi connectivity index (χ0) is 13.8. The van der Waals surface area contributed by atoms with E-state index < -0.39 is 0 Å². The second-order valence-electron chi connectivity index (χ2n) is 4.60. The average Bonchev–Trinajstić information content (AvgIpc) is 2.40. The Hall–Kier alpha value is -2.00. The van der Waals surface area contributed by atoms with Crippen LogP contribution in [0.4, 0.5) is 0 Å². The first-order valence-corrected chi connectivity index (χ1v) is 6.29. The smallest absolute Gasteiger partial charge is 0.115 e. The average molecular weight is 258 g/mol. The van der Waals surface area contributed by atoms with Crippen molar-refractivity contribution < 1.29 is 14.9 Å². The second-order valence-corrected chi connectivity index (χ2v) is 4.60. The summed E-state index contributed by atoms with van der Waals surface area (Å²) in [4.78, 5) is 0. The summed E-state index contributed by atoms with van der Waals surface area (Å²) in [6.45, 7) is 3.95. The van der Waals surface area contributed by atoms with Crippen LogP contribution in [0, 0.1) is 0 Å². The highest BCUT2D eigenvalue weighted by atomic mass is 16.5. The van der Waals surface area contributed by atoms with E-state index in [2.05, 4.69) is 0 Å². The van der Waals surface area contributed by atoms with Gasteiger partial charge in [0, 0.05) is 0 Å². The van der Waals surface area contributed by atoms with E-state index in [1.807, 2.05) is 38.1 Å². The molecule has 0 saturated heterocycles. The molecular formula is C16H18O3. The molecular weight excluding hydrogens is 240 g/mol. The van der Waals surface area contributed by atoms with E-state index in [1.165, 1.54) is 0 Å². The molecule has 0 aliphatic rings. The molecule has 0 fully saturated rings. The number of rotatable bonds is 4. The van der Waals surface area contributed by atoms with E-state index in [4.69, 9.17) is 4.74 Å². The first-order chi connectivity index (χ1) is 9.06. The number of aromatic hydroxyl groups is 2. The molecule has 2 aromatic carbocycles. The number of phenolic OH excluding ortho intramolecular Hbond substituents is 2. The van der Waals surface area contributed by atoms with Crippen molar-refractivity contribution in [3.63, 3.8) is 0 Å². The van der Waals surface area contributed by atoms with Gasteiger partial charge in [-0.3, -0.25) is 0 Å². The second kappa shape index (κ2) is 5.76. The normalized spacial score (nSPS) is 14.0. The summed E-state index contributed by atoms with van der Waals surface area (Å²) in [7, 11) is 0. The predicted molar refractivity (Wildman–Crippen MR) is 74.1 cm³/mol. The van der Waals surface area contributed by atoms with Gasteiger partial charge in [0.15, 0.2) is 0 Å². The van der Waals surface area contributed by atoms with Crippen molar-refractivity contribution in [2.24, 2.45) is 0 Å². The molecule has 0 bridgehead atoms. The van der Waals surface area contributed by atoms with E-state index >= 15 is 0 Å². The third-order valence-corrected chi connectivity index (χ3v) is 3.13. The first kappa shape index (κ1) is 13.4. The van der Waals surface area contributed by atoms with Crippen molar-refractivity contribution >= 4 is 0 Å². The maximum Gasteiger partial charge on any atom is 0.115 e. The number of hydrogen-bond acceptors (Lipinski definition) is 3. The highest BCUT2D eigenvalue weighted by Crippen LogP contribution is 2.27. The summed E-state index contributed by atoms with van der Waals surface area (Å²) in [6.07, 6.45) is -0.131. The third kappa shape index (κ3) is 3.48. The molecule has 0 amide bonds. The lowest BCUT2D eigenvalue weighted by atomic mass is 10.1. The van der Waals surface area contributed by atoms with Crippen LogP contribution in [0.25, 0.3) is 0 Å². The molecule has 0 radical (unpaired) electrons. The Bertz CT molecular complexity index is 467. The number of hydrogen-bond donors (Lipinski definition) is 2. The van der Waals surface area contributed by atoms with Gasteiger partial charge in [-0.05, 0) is 49.2 Å². The van der Waals surface area contributed by atoms with Crippen molar-refractivity contribution in [3.05, 3.63) is 59.7 Å². The molecule has 3 nitrogen and oxygen atoms in total. The predicted octanol–water partition coefficient (Wildman–Crippen LogP) is 3.94. The van der Waals surface area contributed by atoms with Gasteiger partial charge in [0.2, 0.25) is 0 Å². The quantitative estimate of drug-likeness (QED) is 0.873. The molecule has 0 saturated carbocycles. The number of ether oxygens (including phenoxy) is 1. The Morgan fingerprint density at radius 1 is 0.684 bits per heavy atom. The van der Waals surface area contributed by atoms with E-state index in [-0.39, 0.29) is 23.7 Å². The molecule has 0 spiro atoms. The summed E-state index contributed by atoms with van der Waals surface area (Å²) in [6, 6.07) is 14.0. The van der Waals surface area contributed by atoms with Crippen LogP contribution >= 0.6 is 0 Å². The lowest BCUT2D eigenvalue weighted by molar-refractivity contribution is 0.00583. The zero-order valence-corrected chi connectivity index (χ0v) is 11.1. The van der Waals surface area contributed by atoms with Gasteiger partial charge >= 0.3 is 0 Å². The lowest BCUT2D eigenvalue weighted by Gasteiger charge is -2.20. The summed E-state index contributed by atoms with van der Waals surface area (Å²) in [5, 5.41) is 18.5. The van der Waals surface area contributed by atoms with Crippen LogP contribution in [0.2, 0.25) is 0 Å². The Labute approximate surface area is 113 Å². The zero-order valence-electron chi connectivity index (χ0n) is 11.1. The minimum atomic E-state index is -0.0654. The maximum absolute atomic E-state index is 9.26. The van der Waals surface area contributed by atoms with Gasteiger partial charge < -0.3 is 14.9 Å². The van der Waals surface area contributed by atoms with Crippen LogP contribution in [0.15, 0.2) is 48.5 Å². The fraction of sp³-hybridized carbons (Fsp3) is 0.250. The van der Waals surface area contributed by atoms with Crippen molar-refractivity contribution in [2.45, 2.75) is 26.1 Å². The largest absolute Gasteiger partial charge is 0.508 e. The molecule has 2 N–H and O–H groups in total. The van der Waals surface area contributed by atoms with Crippen molar-refractivity contribution in [1.29, 1.82) is 0 Å². The van der Waals surface area contributed by atoms with Crippen LogP contribution in [0.1, 0.15) is 37.2 Å². The summed E-state index contributed by atoms with van der Waals surface area (Å²) >= 11 is 0. The fourth-order valence-corrected chi connectivity index (χ4v) is 1.95. The molecule has 19 heavy (non-hydrogen) atoms. The van der Waals surface area contributed by atoms with Crippen LogP contribution in [-0.2, 0) is 4.74 Å². The van der Waals surface area contributed by atoms with Crippen molar-refractivity contribution in [1.82, 2.24) is 0 Å². The van der Waals surface area contributed by atoms with Gasteiger partial charge in [-0.2, -0.15) is 0 Å². The highest BCUT2D eigenvalue weighted by Gasteiger charge is 2.12. The van der Waals surface area contributed by atoms with Gasteiger partial charge in [0.1, 0.15) is 11.5 Å². The summed E-state index contributed by atoms with van der Waals surface area (Å²) in [5.41, 5.74) is 2.03. The molecule has 3 heteroatoms. The first-order valence-electron chi connectivity index (χ1n) is 6.29.